The molecule has 3 rings (SSSR count). The minimum atomic E-state index is -4.39. The third-order valence-corrected chi connectivity index (χ3v) is 5.34. The predicted octanol–water partition coefficient (Wildman–Crippen LogP) is 3.71. The molecule has 2 aliphatic rings. The molecule has 1 heterocycles. The number of hydrogen-bond acceptors (Lipinski definition) is 4. The van der Waals surface area contributed by atoms with Gasteiger partial charge in [-0.05, 0) is 38.5 Å². The van der Waals surface area contributed by atoms with Crippen molar-refractivity contribution in [3.05, 3.63) is 16.1 Å². The maximum atomic E-state index is 12.6. The van der Waals surface area contributed by atoms with Gasteiger partial charge in [0.25, 0.3) is 0 Å². The van der Waals surface area contributed by atoms with Gasteiger partial charge in [-0.15, -0.1) is 35.3 Å². The van der Waals surface area contributed by atoms with E-state index in [1.165, 1.54) is 32.2 Å². The maximum absolute atomic E-state index is 12.6. The molecule has 1 aromatic heterocycles. The van der Waals surface area contributed by atoms with E-state index in [-0.39, 0.29) is 30.5 Å². The molecule has 0 unspecified atom stereocenters. The monoisotopic (exact) mass is 517 g/mol. The standard InChI is InChI=1S/C17H26F3N5S.HI/c1-2-21-16(23-9-15-24-14(11-26-15)17(18,19)20)22-7-8-25(13-5-6-13)10-12-3-4-12;/h11-13H,2-10H2,1H3,(H2,21,22,23);1H. The van der Waals surface area contributed by atoms with Crippen molar-refractivity contribution in [3.63, 3.8) is 0 Å². The van der Waals surface area contributed by atoms with Crippen LogP contribution in [0.5, 0.6) is 0 Å². The lowest BCUT2D eigenvalue weighted by Gasteiger charge is -2.22. The van der Waals surface area contributed by atoms with Crippen molar-refractivity contribution in [3.8, 4) is 0 Å². The first-order chi connectivity index (χ1) is 12.5. The highest BCUT2D eigenvalue weighted by atomic mass is 127. The van der Waals surface area contributed by atoms with E-state index in [1.54, 1.807) is 0 Å². The smallest absolute Gasteiger partial charge is 0.357 e. The van der Waals surface area contributed by atoms with Gasteiger partial charge < -0.3 is 10.6 Å². The molecule has 154 valence electrons. The number of aromatic nitrogens is 1. The van der Waals surface area contributed by atoms with E-state index in [0.717, 1.165) is 41.8 Å². The van der Waals surface area contributed by atoms with Crippen molar-refractivity contribution in [1.29, 1.82) is 0 Å². The number of alkyl halides is 3. The van der Waals surface area contributed by atoms with Gasteiger partial charge in [-0.2, -0.15) is 13.2 Å². The largest absolute Gasteiger partial charge is 0.434 e. The molecule has 0 atom stereocenters. The second-order valence-electron chi connectivity index (χ2n) is 6.92. The lowest BCUT2D eigenvalue weighted by molar-refractivity contribution is -0.140. The number of guanidine groups is 1. The second-order valence-corrected chi connectivity index (χ2v) is 7.86. The number of hydrogen-bond donors (Lipinski definition) is 2. The van der Waals surface area contributed by atoms with Crippen molar-refractivity contribution >= 4 is 41.3 Å². The van der Waals surface area contributed by atoms with Gasteiger partial charge in [-0.3, -0.25) is 4.90 Å². The van der Waals surface area contributed by atoms with Crippen LogP contribution in [-0.2, 0) is 12.7 Å². The summed E-state index contributed by atoms with van der Waals surface area (Å²) in [6.45, 7) is 5.75. The van der Waals surface area contributed by atoms with Gasteiger partial charge in [-0.25, -0.2) is 9.98 Å². The molecule has 0 spiro atoms. The lowest BCUT2D eigenvalue weighted by Crippen LogP contribution is -2.42. The second kappa shape index (κ2) is 10.2. The fourth-order valence-electron chi connectivity index (χ4n) is 2.81. The Kier molecular flexibility index (Phi) is 8.60. The molecule has 2 N–H and O–H groups in total. The molecule has 10 heteroatoms. The quantitative estimate of drug-likeness (QED) is 0.298. The van der Waals surface area contributed by atoms with E-state index in [4.69, 9.17) is 0 Å². The zero-order valence-corrected chi connectivity index (χ0v) is 18.5. The summed E-state index contributed by atoms with van der Waals surface area (Å²) in [4.78, 5) is 10.5. The number of thiazole rings is 1. The van der Waals surface area contributed by atoms with E-state index in [1.807, 2.05) is 6.92 Å². The van der Waals surface area contributed by atoms with E-state index < -0.39 is 11.9 Å². The van der Waals surface area contributed by atoms with Crippen LogP contribution in [0, 0.1) is 5.92 Å². The van der Waals surface area contributed by atoms with Crippen LogP contribution in [-0.4, -0.2) is 48.1 Å². The van der Waals surface area contributed by atoms with Crippen LogP contribution in [0.25, 0.3) is 0 Å². The SMILES string of the molecule is CCNC(=NCc1nc(C(F)(F)F)cs1)NCCN(CC1CC1)C1CC1.I. The molecule has 2 saturated carbocycles. The first kappa shape index (κ1) is 22.7. The molecule has 0 aliphatic heterocycles. The number of halogens is 4. The van der Waals surface area contributed by atoms with Crippen LogP contribution >= 0.6 is 35.3 Å². The van der Waals surface area contributed by atoms with Crippen molar-refractivity contribution in [2.24, 2.45) is 10.9 Å². The number of nitrogens with zero attached hydrogens (tertiary/aromatic N) is 3. The Morgan fingerprint density at radius 1 is 1.30 bits per heavy atom. The molecule has 0 aromatic carbocycles. The summed E-state index contributed by atoms with van der Waals surface area (Å²) in [5.41, 5.74) is -0.842. The molecule has 0 saturated heterocycles. The lowest BCUT2D eigenvalue weighted by atomic mass is 10.3. The Hall–Kier alpha value is -0.620. The highest BCUT2D eigenvalue weighted by Gasteiger charge is 2.34. The van der Waals surface area contributed by atoms with Gasteiger partial charge in [0.15, 0.2) is 11.7 Å². The van der Waals surface area contributed by atoms with Gasteiger partial charge in [0.1, 0.15) is 5.01 Å². The molecule has 0 amide bonds. The minimum Gasteiger partial charge on any atom is -0.357 e. The third-order valence-electron chi connectivity index (χ3n) is 4.50. The maximum Gasteiger partial charge on any atom is 0.434 e. The Morgan fingerprint density at radius 3 is 2.59 bits per heavy atom. The van der Waals surface area contributed by atoms with Gasteiger partial charge in [-0.1, -0.05) is 0 Å². The summed E-state index contributed by atoms with van der Waals surface area (Å²) < 4.78 is 37.8. The number of rotatable bonds is 9. The first-order valence-electron chi connectivity index (χ1n) is 9.23. The van der Waals surface area contributed by atoms with Crippen LogP contribution in [0.15, 0.2) is 10.4 Å². The molecule has 1 aromatic rings. The summed E-state index contributed by atoms with van der Waals surface area (Å²) in [6.07, 6.45) is 0.914. The van der Waals surface area contributed by atoms with Crippen molar-refractivity contribution < 1.29 is 13.2 Å². The highest BCUT2D eigenvalue weighted by Crippen LogP contribution is 2.34. The molecular formula is C17H27F3IN5S. The van der Waals surface area contributed by atoms with Crippen molar-refractivity contribution in [2.75, 3.05) is 26.2 Å². The molecule has 27 heavy (non-hydrogen) atoms. The molecule has 0 bridgehead atoms. The fraction of sp³-hybridized carbons (Fsp3) is 0.765. The fourth-order valence-corrected chi connectivity index (χ4v) is 3.54. The van der Waals surface area contributed by atoms with E-state index in [2.05, 4.69) is 25.5 Å². The van der Waals surface area contributed by atoms with Crippen LogP contribution in [0.4, 0.5) is 13.2 Å². The minimum absolute atomic E-state index is 0. The van der Waals surface area contributed by atoms with Crippen molar-refractivity contribution in [1.82, 2.24) is 20.5 Å². The Labute approximate surface area is 179 Å². The Morgan fingerprint density at radius 2 is 2.04 bits per heavy atom. The van der Waals surface area contributed by atoms with Gasteiger partial charge >= 0.3 is 6.18 Å². The summed E-state index contributed by atoms with van der Waals surface area (Å²) in [6, 6.07) is 0.744. The Balaban J connectivity index is 0.00000261. The predicted molar refractivity (Wildman–Crippen MR) is 113 cm³/mol. The third kappa shape index (κ3) is 7.72. The van der Waals surface area contributed by atoms with Gasteiger partial charge in [0.05, 0.1) is 6.54 Å². The summed E-state index contributed by atoms with van der Waals surface area (Å²) in [5.74, 6) is 1.50. The van der Waals surface area contributed by atoms with Crippen LogP contribution in [0.1, 0.15) is 43.3 Å². The van der Waals surface area contributed by atoms with Crippen LogP contribution in [0.2, 0.25) is 0 Å². The normalized spacial score (nSPS) is 17.7. The Bertz CT molecular complexity index is 614. The summed E-state index contributed by atoms with van der Waals surface area (Å²) >= 11 is 0.989. The van der Waals surface area contributed by atoms with Crippen LogP contribution in [0.3, 0.4) is 0 Å². The van der Waals surface area contributed by atoms with E-state index in [9.17, 15) is 13.2 Å². The van der Waals surface area contributed by atoms with E-state index >= 15 is 0 Å². The van der Waals surface area contributed by atoms with Gasteiger partial charge in [0.2, 0.25) is 0 Å². The molecule has 5 nitrogen and oxygen atoms in total. The number of aliphatic imine (C=N–C) groups is 1. The zero-order valence-electron chi connectivity index (χ0n) is 15.4. The molecular weight excluding hydrogens is 490 g/mol. The molecule has 2 fully saturated rings. The summed E-state index contributed by atoms with van der Waals surface area (Å²) in [5, 5.41) is 7.83. The molecule has 0 radical (unpaired) electrons. The zero-order chi connectivity index (χ0) is 18.6. The average molecular weight is 517 g/mol. The van der Waals surface area contributed by atoms with Crippen LogP contribution < -0.4 is 10.6 Å². The topological polar surface area (TPSA) is 52.6 Å². The first-order valence-corrected chi connectivity index (χ1v) is 10.1. The van der Waals surface area contributed by atoms with Gasteiger partial charge in [0, 0.05) is 37.6 Å². The number of nitrogens with one attached hydrogen (secondary N) is 2. The van der Waals surface area contributed by atoms with E-state index in [0.29, 0.717) is 17.5 Å². The highest BCUT2D eigenvalue weighted by molar-refractivity contribution is 14.0. The average Bonchev–Trinajstić information content (AvgIpc) is 3.50. The van der Waals surface area contributed by atoms with Crippen molar-refractivity contribution in [2.45, 2.75) is 51.4 Å². The summed E-state index contributed by atoms with van der Waals surface area (Å²) in [7, 11) is 0. The molecule has 2 aliphatic carbocycles.